The molecule has 0 bridgehead atoms. The van der Waals surface area contributed by atoms with E-state index < -0.39 is 11.7 Å². The number of carbonyl (C=O) groups is 1. The molecule has 0 radical (unpaired) electrons. The minimum absolute atomic E-state index is 0.193. The van der Waals surface area contributed by atoms with Gasteiger partial charge in [0.2, 0.25) is 0 Å². The van der Waals surface area contributed by atoms with Gasteiger partial charge in [0.05, 0.1) is 11.1 Å². The van der Waals surface area contributed by atoms with E-state index in [1.165, 1.54) is 5.56 Å². The van der Waals surface area contributed by atoms with Gasteiger partial charge in [-0.1, -0.05) is 31.0 Å². The van der Waals surface area contributed by atoms with Crippen LogP contribution in [0.2, 0.25) is 5.02 Å². The summed E-state index contributed by atoms with van der Waals surface area (Å²) in [5, 5.41) is 3.34. The zero-order chi connectivity index (χ0) is 21.4. The number of nitrogens with one attached hydrogen (secondary N) is 1. The number of alkyl carbamates (subject to hydrolysis) is 1. The molecule has 0 fully saturated rings. The summed E-state index contributed by atoms with van der Waals surface area (Å²) in [6, 6.07) is 12.9. The van der Waals surface area contributed by atoms with Gasteiger partial charge >= 0.3 is 6.09 Å². The van der Waals surface area contributed by atoms with Crippen molar-refractivity contribution in [2.45, 2.75) is 59.1 Å². The molecule has 0 aliphatic heterocycles. The Balaban J connectivity index is 1.85. The maximum atomic E-state index is 11.8. The highest BCUT2D eigenvalue weighted by molar-refractivity contribution is 6.32. The number of benzene rings is 2. The third-order valence-corrected chi connectivity index (χ3v) is 4.15. The molecule has 0 saturated carbocycles. The van der Waals surface area contributed by atoms with Crippen molar-refractivity contribution in [2.24, 2.45) is 0 Å². The van der Waals surface area contributed by atoms with E-state index >= 15 is 0 Å². The lowest BCUT2D eigenvalue weighted by Gasteiger charge is -2.22. The Bertz CT molecular complexity index is 800. The summed E-state index contributed by atoms with van der Waals surface area (Å²) in [6.45, 7) is 9.78. The molecule has 0 aliphatic carbocycles. The molecular formula is C23H30ClNO4. The quantitative estimate of drug-likeness (QED) is 0.539. The molecule has 0 aliphatic rings. The van der Waals surface area contributed by atoms with Crippen LogP contribution in [0.15, 0.2) is 42.5 Å². The summed E-state index contributed by atoms with van der Waals surface area (Å²) < 4.78 is 16.8. The van der Waals surface area contributed by atoms with E-state index in [1.54, 1.807) is 0 Å². The fourth-order valence-electron chi connectivity index (χ4n) is 2.57. The van der Waals surface area contributed by atoms with Crippen LogP contribution in [0.5, 0.6) is 17.2 Å². The highest BCUT2D eigenvalue weighted by atomic mass is 35.5. The Labute approximate surface area is 178 Å². The van der Waals surface area contributed by atoms with Gasteiger partial charge in [0.1, 0.15) is 29.5 Å². The van der Waals surface area contributed by atoms with Gasteiger partial charge in [-0.3, -0.25) is 0 Å². The van der Waals surface area contributed by atoms with Gasteiger partial charge < -0.3 is 19.5 Å². The third-order valence-electron chi connectivity index (χ3n) is 3.85. The maximum Gasteiger partial charge on any atom is 0.407 e. The van der Waals surface area contributed by atoms with Crippen LogP contribution in [0.3, 0.4) is 0 Å². The largest absolute Gasteiger partial charge is 0.491 e. The first-order valence-corrected chi connectivity index (χ1v) is 10.2. The summed E-state index contributed by atoms with van der Waals surface area (Å²) in [5.41, 5.74) is 0.669. The first-order chi connectivity index (χ1) is 13.7. The SMILES string of the molecule is CCCc1ccc(Oc2ccc(OC[C@H](C)NC(=O)OC(C)(C)C)cc2)c(Cl)c1. The fraction of sp³-hybridized carbons (Fsp3) is 0.435. The van der Waals surface area contributed by atoms with E-state index in [1.807, 2.05) is 70.2 Å². The van der Waals surface area contributed by atoms with Crippen molar-refractivity contribution in [1.82, 2.24) is 5.32 Å². The van der Waals surface area contributed by atoms with E-state index in [-0.39, 0.29) is 6.04 Å². The average molecular weight is 420 g/mol. The lowest BCUT2D eigenvalue weighted by atomic mass is 10.1. The zero-order valence-corrected chi connectivity index (χ0v) is 18.5. The minimum Gasteiger partial charge on any atom is -0.491 e. The molecule has 0 saturated heterocycles. The highest BCUT2D eigenvalue weighted by Crippen LogP contribution is 2.31. The second-order valence-corrected chi connectivity index (χ2v) is 8.35. The molecule has 5 nitrogen and oxygen atoms in total. The van der Waals surface area contributed by atoms with Gasteiger partial charge in [0, 0.05) is 0 Å². The van der Waals surface area contributed by atoms with Crippen LogP contribution in [-0.2, 0) is 11.2 Å². The molecule has 0 heterocycles. The summed E-state index contributed by atoms with van der Waals surface area (Å²) >= 11 is 6.32. The minimum atomic E-state index is -0.528. The molecule has 29 heavy (non-hydrogen) atoms. The lowest BCUT2D eigenvalue weighted by Crippen LogP contribution is -2.40. The number of rotatable bonds is 8. The second-order valence-electron chi connectivity index (χ2n) is 7.95. The van der Waals surface area contributed by atoms with Gasteiger partial charge in [0.25, 0.3) is 0 Å². The Kier molecular flexibility index (Phi) is 8.21. The number of amides is 1. The molecule has 0 aromatic heterocycles. The first-order valence-electron chi connectivity index (χ1n) is 9.85. The Morgan fingerprint density at radius 3 is 2.34 bits per heavy atom. The van der Waals surface area contributed by atoms with E-state index in [2.05, 4.69) is 12.2 Å². The van der Waals surface area contributed by atoms with Gasteiger partial charge in [-0.2, -0.15) is 0 Å². The summed E-state index contributed by atoms with van der Waals surface area (Å²) in [5.74, 6) is 1.97. The molecule has 2 aromatic rings. The van der Waals surface area contributed by atoms with Gasteiger partial charge in [-0.25, -0.2) is 4.79 Å². The molecule has 6 heteroatoms. The predicted octanol–water partition coefficient (Wildman–Crippen LogP) is 6.38. The van der Waals surface area contributed by atoms with Crippen LogP contribution in [0.4, 0.5) is 4.79 Å². The Morgan fingerprint density at radius 2 is 1.76 bits per heavy atom. The lowest BCUT2D eigenvalue weighted by molar-refractivity contribution is 0.0494. The molecule has 1 amide bonds. The van der Waals surface area contributed by atoms with E-state index in [4.69, 9.17) is 25.8 Å². The van der Waals surface area contributed by atoms with Crippen molar-refractivity contribution < 1.29 is 19.0 Å². The van der Waals surface area contributed by atoms with Crippen LogP contribution in [0, 0.1) is 0 Å². The Hall–Kier alpha value is -2.40. The molecule has 1 atom stereocenters. The monoisotopic (exact) mass is 419 g/mol. The van der Waals surface area contributed by atoms with Gasteiger partial charge in [-0.15, -0.1) is 0 Å². The van der Waals surface area contributed by atoms with E-state index in [0.717, 1.165) is 12.8 Å². The molecule has 0 unspecified atom stereocenters. The van der Waals surface area contributed by atoms with Crippen LogP contribution in [0.25, 0.3) is 0 Å². The van der Waals surface area contributed by atoms with Gasteiger partial charge in [0.15, 0.2) is 0 Å². The maximum absolute atomic E-state index is 11.8. The number of ether oxygens (including phenoxy) is 3. The van der Waals surface area contributed by atoms with E-state index in [9.17, 15) is 4.79 Å². The Morgan fingerprint density at radius 1 is 1.10 bits per heavy atom. The van der Waals surface area contributed by atoms with Crippen LogP contribution in [-0.4, -0.2) is 24.3 Å². The second kappa shape index (κ2) is 10.4. The van der Waals surface area contributed by atoms with Crippen molar-refractivity contribution in [3.05, 3.63) is 53.1 Å². The number of aryl methyl sites for hydroxylation is 1. The number of halogens is 1. The van der Waals surface area contributed by atoms with Crippen molar-refractivity contribution in [3.8, 4) is 17.2 Å². The standard InChI is InChI=1S/C23H30ClNO4/c1-6-7-17-8-13-21(20(24)14-17)28-19-11-9-18(10-12-19)27-15-16(2)25-22(26)29-23(3,4)5/h8-14,16H,6-7,15H2,1-5H3,(H,25,26)/t16-/m0/s1. The number of carbonyl (C=O) groups excluding carboxylic acids is 1. The van der Waals surface area contributed by atoms with Crippen LogP contribution < -0.4 is 14.8 Å². The molecule has 2 aromatic carbocycles. The topological polar surface area (TPSA) is 56.8 Å². The average Bonchev–Trinajstić information content (AvgIpc) is 2.62. The predicted molar refractivity (Wildman–Crippen MR) is 116 cm³/mol. The van der Waals surface area contributed by atoms with E-state index in [0.29, 0.717) is 28.9 Å². The van der Waals surface area contributed by atoms with Crippen LogP contribution in [0.1, 0.15) is 46.6 Å². The summed E-state index contributed by atoms with van der Waals surface area (Å²) in [4.78, 5) is 11.8. The van der Waals surface area contributed by atoms with Crippen molar-refractivity contribution in [1.29, 1.82) is 0 Å². The van der Waals surface area contributed by atoms with Crippen molar-refractivity contribution in [2.75, 3.05) is 6.61 Å². The molecular weight excluding hydrogens is 390 g/mol. The van der Waals surface area contributed by atoms with Gasteiger partial charge in [-0.05, 0) is 76.1 Å². The zero-order valence-electron chi connectivity index (χ0n) is 17.8. The smallest absolute Gasteiger partial charge is 0.407 e. The summed E-state index contributed by atoms with van der Waals surface area (Å²) in [6.07, 6.45) is 1.61. The molecule has 0 spiro atoms. The normalized spacial score (nSPS) is 12.2. The van der Waals surface area contributed by atoms with Crippen LogP contribution >= 0.6 is 11.6 Å². The number of hydrogen-bond donors (Lipinski definition) is 1. The first kappa shape index (κ1) is 22.9. The third kappa shape index (κ3) is 8.24. The molecule has 1 N–H and O–H groups in total. The molecule has 2 rings (SSSR count). The number of hydrogen-bond acceptors (Lipinski definition) is 4. The fourth-order valence-corrected chi connectivity index (χ4v) is 2.82. The van der Waals surface area contributed by atoms with Crippen molar-refractivity contribution in [3.63, 3.8) is 0 Å². The molecule has 158 valence electrons. The summed E-state index contributed by atoms with van der Waals surface area (Å²) in [7, 11) is 0. The highest BCUT2D eigenvalue weighted by Gasteiger charge is 2.17. The van der Waals surface area contributed by atoms with Crippen molar-refractivity contribution >= 4 is 17.7 Å².